The Bertz CT molecular complexity index is 742. The van der Waals surface area contributed by atoms with Crippen molar-refractivity contribution in [3.8, 4) is 6.07 Å². The summed E-state index contributed by atoms with van der Waals surface area (Å²) in [7, 11) is 0. The van der Waals surface area contributed by atoms with Crippen LogP contribution in [0.4, 0.5) is 5.82 Å². The predicted octanol–water partition coefficient (Wildman–Crippen LogP) is 3.78. The van der Waals surface area contributed by atoms with Crippen molar-refractivity contribution < 1.29 is 0 Å². The molecule has 19 heavy (non-hydrogen) atoms. The highest BCUT2D eigenvalue weighted by Crippen LogP contribution is 2.20. The number of nitrogens with one attached hydrogen (secondary N) is 1. The van der Waals surface area contributed by atoms with Crippen molar-refractivity contribution in [1.82, 2.24) is 4.98 Å². The van der Waals surface area contributed by atoms with Gasteiger partial charge in [0.25, 0.3) is 0 Å². The number of hydrogen-bond acceptors (Lipinski definition) is 4. The molecule has 1 aromatic carbocycles. The van der Waals surface area contributed by atoms with E-state index >= 15 is 0 Å². The van der Waals surface area contributed by atoms with E-state index in [1.165, 1.54) is 5.56 Å². The summed E-state index contributed by atoms with van der Waals surface area (Å²) in [6.45, 7) is 0.722. The largest absolute Gasteiger partial charge is 0.366 e. The number of hydrogen-bond donors (Lipinski definition) is 1. The van der Waals surface area contributed by atoms with Gasteiger partial charge in [-0.2, -0.15) is 16.6 Å². The molecule has 92 valence electrons. The van der Waals surface area contributed by atoms with Gasteiger partial charge in [0.05, 0.1) is 17.1 Å². The van der Waals surface area contributed by atoms with Crippen LogP contribution in [0.2, 0.25) is 0 Å². The minimum Gasteiger partial charge on any atom is -0.366 e. The van der Waals surface area contributed by atoms with E-state index in [-0.39, 0.29) is 0 Å². The summed E-state index contributed by atoms with van der Waals surface area (Å²) in [4.78, 5) is 4.52. The van der Waals surface area contributed by atoms with E-state index in [1.54, 1.807) is 17.4 Å². The normalized spacial score (nSPS) is 10.3. The zero-order valence-electron chi connectivity index (χ0n) is 10.1. The van der Waals surface area contributed by atoms with Gasteiger partial charge in [-0.3, -0.25) is 0 Å². The van der Waals surface area contributed by atoms with Crippen molar-refractivity contribution in [3.63, 3.8) is 0 Å². The summed E-state index contributed by atoms with van der Waals surface area (Å²) >= 11 is 1.67. The van der Waals surface area contributed by atoms with Gasteiger partial charge >= 0.3 is 0 Å². The van der Waals surface area contributed by atoms with Gasteiger partial charge in [0, 0.05) is 11.9 Å². The first-order chi connectivity index (χ1) is 9.36. The Labute approximate surface area is 115 Å². The number of rotatable bonds is 3. The van der Waals surface area contributed by atoms with Crippen molar-refractivity contribution >= 4 is 28.1 Å². The molecule has 3 nitrogen and oxygen atoms in total. The van der Waals surface area contributed by atoms with E-state index < -0.39 is 0 Å². The molecule has 0 radical (unpaired) electrons. The number of thiophene rings is 1. The fraction of sp³-hybridized carbons (Fsp3) is 0.0667. The molecule has 2 heterocycles. The molecule has 0 bridgehead atoms. The second-order valence-corrected chi connectivity index (χ2v) is 4.95. The van der Waals surface area contributed by atoms with Crippen LogP contribution in [0.15, 0.2) is 47.2 Å². The highest BCUT2D eigenvalue weighted by atomic mass is 32.1. The minimum atomic E-state index is 0.651. The lowest BCUT2D eigenvalue weighted by Crippen LogP contribution is -2.01. The monoisotopic (exact) mass is 265 g/mol. The van der Waals surface area contributed by atoms with Crippen LogP contribution in [0.1, 0.15) is 11.1 Å². The number of fused-ring (bicyclic) bond motifs is 1. The van der Waals surface area contributed by atoms with Crippen LogP contribution in [0.5, 0.6) is 0 Å². The van der Waals surface area contributed by atoms with Gasteiger partial charge in [-0.05, 0) is 34.5 Å². The predicted molar refractivity (Wildman–Crippen MR) is 78.1 cm³/mol. The molecular weight excluding hydrogens is 254 g/mol. The lowest BCUT2D eigenvalue weighted by Gasteiger charge is -2.07. The first-order valence-electron chi connectivity index (χ1n) is 5.91. The number of para-hydroxylation sites is 1. The molecule has 0 unspecified atom stereocenters. The van der Waals surface area contributed by atoms with Crippen LogP contribution >= 0.6 is 11.3 Å². The Morgan fingerprint density at radius 2 is 2.16 bits per heavy atom. The van der Waals surface area contributed by atoms with Crippen LogP contribution in [0.3, 0.4) is 0 Å². The van der Waals surface area contributed by atoms with E-state index in [0.29, 0.717) is 5.56 Å². The van der Waals surface area contributed by atoms with Crippen molar-refractivity contribution in [2.45, 2.75) is 6.54 Å². The van der Waals surface area contributed by atoms with Gasteiger partial charge in [-0.25, -0.2) is 4.98 Å². The maximum Gasteiger partial charge on any atom is 0.128 e. The van der Waals surface area contributed by atoms with E-state index in [4.69, 9.17) is 0 Å². The fourth-order valence-corrected chi connectivity index (χ4v) is 2.61. The SMILES string of the molecule is N#Cc1cc(NCc2ccsc2)nc2ccccc12. The van der Waals surface area contributed by atoms with Crippen molar-refractivity contribution in [2.75, 3.05) is 5.32 Å². The highest BCUT2D eigenvalue weighted by molar-refractivity contribution is 7.07. The maximum atomic E-state index is 9.21. The quantitative estimate of drug-likeness (QED) is 0.784. The van der Waals surface area contributed by atoms with E-state index in [9.17, 15) is 5.26 Å². The van der Waals surface area contributed by atoms with Crippen LogP contribution in [0, 0.1) is 11.3 Å². The summed E-state index contributed by atoms with van der Waals surface area (Å²) in [5, 5.41) is 17.5. The molecule has 4 heteroatoms. The summed E-state index contributed by atoms with van der Waals surface area (Å²) in [5.74, 6) is 0.737. The highest BCUT2D eigenvalue weighted by Gasteiger charge is 2.04. The average Bonchev–Trinajstić information content (AvgIpc) is 2.97. The summed E-state index contributed by atoms with van der Waals surface area (Å²) in [6, 6.07) is 13.8. The van der Waals surface area contributed by atoms with E-state index in [0.717, 1.165) is 23.3 Å². The Morgan fingerprint density at radius 1 is 1.26 bits per heavy atom. The zero-order chi connectivity index (χ0) is 13.1. The third-order valence-corrected chi connectivity index (χ3v) is 3.62. The fourth-order valence-electron chi connectivity index (χ4n) is 1.94. The molecule has 0 aliphatic rings. The van der Waals surface area contributed by atoms with Crippen molar-refractivity contribution in [1.29, 1.82) is 5.26 Å². The van der Waals surface area contributed by atoms with Crippen LogP contribution in [-0.2, 0) is 6.54 Å². The second-order valence-electron chi connectivity index (χ2n) is 4.17. The molecule has 1 N–H and O–H groups in total. The zero-order valence-corrected chi connectivity index (χ0v) is 10.9. The third-order valence-electron chi connectivity index (χ3n) is 2.89. The first-order valence-corrected chi connectivity index (χ1v) is 6.86. The Hall–Kier alpha value is -2.38. The van der Waals surface area contributed by atoms with Crippen LogP contribution < -0.4 is 5.32 Å². The number of nitrogens with zero attached hydrogens (tertiary/aromatic N) is 2. The molecule has 0 spiro atoms. The molecule has 0 saturated heterocycles. The number of anilines is 1. The second kappa shape index (κ2) is 5.09. The molecule has 3 rings (SSSR count). The summed E-state index contributed by atoms with van der Waals surface area (Å²) in [6.07, 6.45) is 0. The van der Waals surface area contributed by atoms with Gasteiger partial charge in [-0.15, -0.1) is 0 Å². The van der Waals surface area contributed by atoms with Gasteiger partial charge in [0.2, 0.25) is 0 Å². The third kappa shape index (κ3) is 2.42. The average molecular weight is 265 g/mol. The molecule has 0 fully saturated rings. The lowest BCUT2D eigenvalue weighted by atomic mass is 10.1. The van der Waals surface area contributed by atoms with Gasteiger partial charge < -0.3 is 5.32 Å². The minimum absolute atomic E-state index is 0.651. The summed E-state index contributed by atoms with van der Waals surface area (Å²) in [5.41, 5.74) is 2.71. The Balaban J connectivity index is 1.94. The van der Waals surface area contributed by atoms with Gasteiger partial charge in [-0.1, -0.05) is 18.2 Å². The molecule has 0 aliphatic carbocycles. The molecule has 0 atom stereocenters. The number of aromatic nitrogens is 1. The Morgan fingerprint density at radius 3 is 2.95 bits per heavy atom. The summed E-state index contributed by atoms with van der Waals surface area (Å²) < 4.78 is 0. The molecule has 0 amide bonds. The molecular formula is C15H11N3S. The standard InChI is InChI=1S/C15H11N3S/c16-8-12-7-15(17-9-11-5-6-19-10-11)18-14-4-2-1-3-13(12)14/h1-7,10H,9H2,(H,17,18). The number of pyridine rings is 1. The smallest absolute Gasteiger partial charge is 0.128 e. The first kappa shape index (κ1) is 11.7. The van der Waals surface area contributed by atoms with E-state index in [1.807, 2.05) is 29.6 Å². The van der Waals surface area contributed by atoms with Crippen molar-refractivity contribution in [3.05, 3.63) is 58.3 Å². The van der Waals surface area contributed by atoms with Crippen LogP contribution in [-0.4, -0.2) is 4.98 Å². The lowest BCUT2D eigenvalue weighted by molar-refractivity contribution is 1.13. The van der Waals surface area contributed by atoms with Gasteiger partial charge in [0.15, 0.2) is 0 Å². The molecule has 0 saturated carbocycles. The van der Waals surface area contributed by atoms with E-state index in [2.05, 4.69) is 27.8 Å². The molecule has 3 aromatic rings. The number of benzene rings is 1. The topological polar surface area (TPSA) is 48.7 Å². The van der Waals surface area contributed by atoms with Crippen molar-refractivity contribution in [2.24, 2.45) is 0 Å². The maximum absolute atomic E-state index is 9.21. The van der Waals surface area contributed by atoms with Gasteiger partial charge in [0.1, 0.15) is 5.82 Å². The molecule has 0 aliphatic heterocycles. The Kier molecular flexibility index (Phi) is 3.13. The number of nitriles is 1. The molecule has 2 aromatic heterocycles. The van der Waals surface area contributed by atoms with Crippen LogP contribution in [0.25, 0.3) is 10.9 Å².